The van der Waals surface area contributed by atoms with Gasteiger partial charge in [-0.25, -0.2) is 14.8 Å². The van der Waals surface area contributed by atoms with Crippen molar-refractivity contribution in [2.24, 2.45) is 54.1 Å². The number of carbonyl (C=O) groups excluding carboxylic acids is 1. The molecule has 0 radical (unpaired) electrons. The fourth-order valence-corrected chi connectivity index (χ4v) is 12.9. The first-order valence-corrected chi connectivity index (χ1v) is 45.0. The third-order valence-corrected chi connectivity index (χ3v) is 18.0. The van der Waals surface area contributed by atoms with Crippen molar-refractivity contribution >= 4 is 40.8 Å². The largest absolute Gasteiger partial charge is 0.486 e. The number of hydrogen-bond donors (Lipinski definition) is 0. The first-order valence-electron chi connectivity index (χ1n) is 43.9. The molecule has 0 atom stereocenters. The van der Waals surface area contributed by atoms with Crippen LogP contribution in [0.3, 0.4) is 0 Å². The Balaban J connectivity index is -0.000000182. The van der Waals surface area contributed by atoms with Crippen LogP contribution in [0.25, 0.3) is 0 Å². The van der Waals surface area contributed by atoms with Gasteiger partial charge in [-0.05, 0) is 238 Å². The van der Waals surface area contributed by atoms with Crippen molar-refractivity contribution < 1.29 is 19.0 Å². The summed E-state index contributed by atoms with van der Waals surface area (Å²) < 4.78 is 16.0. The summed E-state index contributed by atoms with van der Waals surface area (Å²) in [5, 5.41) is 2.41. The Morgan fingerprint density at radius 3 is 1.14 bits per heavy atom. The van der Waals surface area contributed by atoms with E-state index < -0.39 is 0 Å². The molecule has 14 heteroatoms. The normalized spacial score (nSPS) is 11.1. The zero-order valence-corrected chi connectivity index (χ0v) is 83.9. The molecule has 0 bridgehead atoms. The Morgan fingerprint density at radius 1 is 0.308 bits per heavy atom. The van der Waals surface area contributed by atoms with Crippen molar-refractivity contribution in [3.8, 4) is 11.5 Å². The zero-order chi connectivity index (χ0) is 92.9. The number of aryl methyl sites for hydroxylation is 1. The minimum absolute atomic E-state index is 0. The molecule has 5 aromatic heterocycles. The predicted molar refractivity (Wildman–Crippen MR) is 594 cm³/mol. The maximum atomic E-state index is 11.5. The number of fused-ring (bicyclic) bond motifs is 1. The quantitative estimate of drug-likeness (QED) is 0.102. The molecule has 10 aromatic rings. The number of carbonyl (C=O) groups is 1. The molecule has 0 saturated carbocycles. The second-order valence-corrected chi connectivity index (χ2v) is 45.0. The molecule has 0 saturated heterocycles. The summed E-state index contributed by atoms with van der Waals surface area (Å²) in [7, 11) is 0. The van der Waals surface area contributed by atoms with Gasteiger partial charge in [0.05, 0.1) is 17.9 Å². The van der Waals surface area contributed by atoms with Crippen molar-refractivity contribution in [1.29, 1.82) is 0 Å². The molecule has 1 aliphatic heterocycles. The first kappa shape index (κ1) is 142. The summed E-state index contributed by atoms with van der Waals surface area (Å²) >= 11 is 18.1. The SMILES string of the molecule is C.C.C.C.C.C.C.C.C.C.CC(C)(C)CCc1ccccn1.CC(C)(C)Cc1c(Cl)cccc1Cl.CC(C)(C)Cc1ccc2c(c1)OCCO2.CC(C)(C)Cc1ccccc1.CC(C)(C)Cc1ccccc1Cl.CC(C)(C)Cc1ccccn1.CC(C)(C)Cc1cccnc1.CC(C)(C)Cc1cnccn1.CC(C)(C)Cc1ncccn1.CCOC(=O)c1cccc(CC(C)(C)C)c1. The number of benzene rings is 5. The molecule has 754 valence electrons. The molecular weight excluding hydrogens is 1700 g/mol. The second-order valence-electron chi connectivity index (χ2n) is 43.7. The van der Waals surface area contributed by atoms with Gasteiger partial charge in [-0.3, -0.25) is 24.9 Å². The van der Waals surface area contributed by atoms with Gasteiger partial charge in [-0.2, -0.15) is 0 Å². The van der Waals surface area contributed by atoms with Gasteiger partial charge >= 0.3 is 5.97 Å². The van der Waals surface area contributed by atoms with Crippen LogP contribution in [-0.2, 0) is 68.9 Å². The number of ether oxygens (including phenoxy) is 3. The molecule has 0 N–H and O–H groups in total. The molecule has 6 heterocycles. The molecule has 11 rings (SSSR count). The summed E-state index contributed by atoms with van der Waals surface area (Å²) in [5.41, 5.74) is 14.8. The summed E-state index contributed by atoms with van der Waals surface area (Å²) in [6.45, 7) is 70.1. The molecule has 0 amide bonds. The predicted octanol–water partition coefficient (Wildman–Crippen LogP) is 37.2. The lowest BCUT2D eigenvalue weighted by molar-refractivity contribution is 0.0526. The first-order chi connectivity index (χ1) is 56.8. The van der Waals surface area contributed by atoms with Crippen LogP contribution in [-0.4, -0.2) is 60.7 Å². The molecule has 0 unspecified atom stereocenters. The van der Waals surface area contributed by atoms with Gasteiger partial charge in [0.15, 0.2) is 11.5 Å². The van der Waals surface area contributed by atoms with Crippen LogP contribution in [0.1, 0.15) is 362 Å². The topological polar surface area (TPSA) is 135 Å². The van der Waals surface area contributed by atoms with Crippen molar-refractivity contribution in [2.75, 3.05) is 19.8 Å². The van der Waals surface area contributed by atoms with E-state index in [9.17, 15) is 4.79 Å². The van der Waals surface area contributed by atoms with Crippen LogP contribution >= 0.6 is 34.8 Å². The van der Waals surface area contributed by atoms with Gasteiger partial charge in [0.25, 0.3) is 0 Å². The minimum Gasteiger partial charge on any atom is -0.486 e. The lowest BCUT2D eigenvalue weighted by Gasteiger charge is -2.22. The summed E-state index contributed by atoms with van der Waals surface area (Å²) in [6, 6.07) is 56.3. The Hall–Kier alpha value is -8.35. The van der Waals surface area contributed by atoms with Crippen molar-refractivity contribution in [3.05, 3.63) is 303 Å². The van der Waals surface area contributed by atoms with E-state index >= 15 is 0 Å². The lowest BCUT2D eigenvalue weighted by Crippen LogP contribution is -2.16. The second kappa shape index (κ2) is 69.5. The van der Waals surface area contributed by atoms with Crippen LogP contribution in [0, 0.1) is 54.1 Å². The number of esters is 1. The van der Waals surface area contributed by atoms with Crippen molar-refractivity contribution in [3.63, 3.8) is 0 Å². The third-order valence-electron chi connectivity index (χ3n) is 16.9. The van der Waals surface area contributed by atoms with E-state index in [-0.39, 0.29) is 96.5 Å². The zero-order valence-electron chi connectivity index (χ0n) is 81.7. The van der Waals surface area contributed by atoms with Crippen molar-refractivity contribution in [1.82, 2.24) is 34.9 Å². The highest BCUT2D eigenvalue weighted by Gasteiger charge is 2.21. The van der Waals surface area contributed by atoms with Gasteiger partial charge < -0.3 is 14.2 Å². The monoisotopic (exact) mass is 1890 g/mol. The molecular formula is C119H198Cl3N7O4. The van der Waals surface area contributed by atoms with Crippen LogP contribution < -0.4 is 9.47 Å². The average Bonchev–Trinajstić information content (AvgIpc) is 0.827. The van der Waals surface area contributed by atoms with Crippen LogP contribution in [0.15, 0.2) is 226 Å². The summed E-state index contributed by atoms with van der Waals surface area (Å²) in [6.07, 6.45) is 27.8. The van der Waals surface area contributed by atoms with Gasteiger partial charge in [0, 0.05) is 88.6 Å². The maximum absolute atomic E-state index is 11.5. The smallest absolute Gasteiger partial charge is 0.338 e. The highest BCUT2D eigenvalue weighted by molar-refractivity contribution is 6.36. The van der Waals surface area contributed by atoms with E-state index in [4.69, 9.17) is 49.0 Å². The van der Waals surface area contributed by atoms with E-state index in [1.54, 1.807) is 30.9 Å². The highest BCUT2D eigenvalue weighted by atomic mass is 35.5. The maximum Gasteiger partial charge on any atom is 0.338 e. The third kappa shape index (κ3) is 78.5. The fourth-order valence-electron chi connectivity index (χ4n) is 12.2. The number of aromatic nitrogens is 7. The Labute approximate surface area is 836 Å². The van der Waals surface area contributed by atoms with Gasteiger partial charge in [-0.1, -0.05) is 408 Å². The molecule has 1 aliphatic rings. The van der Waals surface area contributed by atoms with Gasteiger partial charge in [-0.15, -0.1) is 0 Å². The van der Waals surface area contributed by atoms with E-state index in [1.165, 1.54) is 45.6 Å². The van der Waals surface area contributed by atoms with E-state index in [0.717, 1.165) is 108 Å². The number of rotatable bonds is 13. The summed E-state index contributed by atoms with van der Waals surface area (Å²) in [4.78, 5) is 40.7. The van der Waals surface area contributed by atoms with Gasteiger partial charge in [0.2, 0.25) is 0 Å². The average molecular weight is 1900 g/mol. The number of nitrogens with zero attached hydrogens (tertiary/aromatic N) is 7. The molecule has 5 aromatic carbocycles. The number of pyridine rings is 3. The van der Waals surface area contributed by atoms with Gasteiger partial charge in [0.1, 0.15) is 19.0 Å². The molecule has 133 heavy (non-hydrogen) atoms. The van der Waals surface area contributed by atoms with Crippen LogP contribution in [0.2, 0.25) is 15.1 Å². The molecule has 0 spiro atoms. The minimum atomic E-state index is -0.238. The molecule has 0 fully saturated rings. The van der Waals surface area contributed by atoms with Crippen molar-refractivity contribution in [2.45, 2.75) is 360 Å². The molecule has 0 aliphatic carbocycles. The summed E-state index contributed by atoms with van der Waals surface area (Å²) in [5.74, 6) is 2.46. The number of halogens is 3. The van der Waals surface area contributed by atoms with Crippen LogP contribution in [0.5, 0.6) is 11.5 Å². The van der Waals surface area contributed by atoms with E-state index in [2.05, 4.69) is 309 Å². The van der Waals surface area contributed by atoms with E-state index in [1.807, 2.05) is 135 Å². The standard InChI is InChI=1S/C14H20O2.C13H18O2.C11H14Cl2.C11H15Cl.C11H17N.C11H16.2C10H15N.2C9H14N2.10CH4/c1-5-16-13(15)12-8-6-7-11(9-12)10-14(2,3)4;1-13(2,3)9-10-4-5-11-12(8-10)15-7-6-14-11;1-11(2,3)7-8-9(12)5-4-6-10(8)13;1-11(2,3)8-9-6-4-5-7-10(9)12;1-11(2,3)8-7-10-6-4-5-9-12-10;1-11(2,3)9-10-7-5-4-6-8-10;1-10(2,3)7-9-5-4-6-11-8-9;1-10(2,3)8-9-6-4-5-7-11-9;1-9(2,3)6-8-7-10-4-5-11-8;1-9(2,3)7-8-10-5-4-6-11-8;;;;;;;;;;/h6-9H,5,10H2,1-4H3;4-5,8H,6-7,9H2,1-3H3;4-6H,7H2,1-3H3;4-7H,8H2,1-3H3;4-6,9H,7-8H2,1-3H3;4-8H,9H2,1-3H3;4-6,8H,7H2,1-3H3;4-7H,8H2,1-3H3;4-5,7H,6H2,1-3H3;4-6H,7H2,1-3H3;10*1H4. The van der Waals surface area contributed by atoms with Crippen LogP contribution in [0.4, 0.5) is 0 Å². The fraction of sp³-hybridized carbons (Fsp3) is 0.546. The van der Waals surface area contributed by atoms with E-state index in [0.29, 0.717) is 63.3 Å². The highest BCUT2D eigenvalue weighted by Crippen LogP contribution is 2.35. The lowest BCUT2D eigenvalue weighted by atomic mass is 9.88. The number of hydrogen-bond acceptors (Lipinski definition) is 11. The Kier molecular flexibility index (Phi) is 74.4. The Morgan fingerprint density at radius 2 is 0.699 bits per heavy atom. The molecule has 11 nitrogen and oxygen atoms in total. The Bertz CT molecular complexity index is 4140.